The van der Waals surface area contributed by atoms with Crippen molar-refractivity contribution < 1.29 is 4.74 Å². The van der Waals surface area contributed by atoms with Crippen LogP contribution in [0.1, 0.15) is 11.9 Å². The summed E-state index contributed by atoms with van der Waals surface area (Å²) in [6.07, 6.45) is 3.24. The van der Waals surface area contributed by atoms with Gasteiger partial charge >= 0.3 is 0 Å². The summed E-state index contributed by atoms with van der Waals surface area (Å²) in [5.74, 6) is 1.50. The molecule has 1 saturated heterocycles. The molecule has 0 saturated carbocycles. The van der Waals surface area contributed by atoms with Crippen molar-refractivity contribution in [1.29, 1.82) is 0 Å². The van der Waals surface area contributed by atoms with Gasteiger partial charge in [0.05, 0.1) is 25.6 Å². The van der Waals surface area contributed by atoms with E-state index in [1.165, 1.54) is 4.80 Å². The number of morpholine rings is 1. The van der Waals surface area contributed by atoms with E-state index in [9.17, 15) is 0 Å². The first-order chi connectivity index (χ1) is 10.3. The van der Waals surface area contributed by atoms with Gasteiger partial charge in [0.25, 0.3) is 0 Å². The summed E-state index contributed by atoms with van der Waals surface area (Å²) in [5.41, 5.74) is 0.834. The van der Waals surface area contributed by atoms with Crippen molar-refractivity contribution in [2.24, 2.45) is 7.05 Å². The summed E-state index contributed by atoms with van der Waals surface area (Å²) in [5, 5.41) is 13.1. The zero-order chi connectivity index (χ0) is 14.2. The Morgan fingerprint density at radius 2 is 2.33 bits per heavy atom. The number of hydrogen-bond donors (Lipinski definition) is 1. The van der Waals surface area contributed by atoms with Crippen LogP contribution in [0.25, 0.3) is 11.0 Å². The van der Waals surface area contributed by atoms with Crippen LogP contribution in [0.15, 0.2) is 18.6 Å². The number of aromatic nitrogens is 7. The predicted molar refractivity (Wildman–Crippen MR) is 73.6 cm³/mol. The maximum Gasteiger partial charge on any atom is 0.205 e. The van der Waals surface area contributed by atoms with Crippen LogP contribution in [-0.4, -0.2) is 54.9 Å². The zero-order valence-corrected chi connectivity index (χ0v) is 11.5. The van der Waals surface area contributed by atoms with Crippen molar-refractivity contribution in [1.82, 2.24) is 35.2 Å². The van der Waals surface area contributed by atoms with Crippen LogP contribution in [0, 0.1) is 0 Å². The second-order valence-corrected chi connectivity index (χ2v) is 4.88. The maximum atomic E-state index is 5.75. The molecule has 9 heteroatoms. The van der Waals surface area contributed by atoms with E-state index in [-0.39, 0.29) is 6.10 Å². The third-order valence-corrected chi connectivity index (χ3v) is 3.51. The highest BCUT2D eigenvalue weighted by Crippen LogP contribution is 2.27. The summed E-state index contributed by atoms with van der Waals surface area (Å²) in [6.45, 7) is 2.01. The highest BCUT2D eigenvalue weighted by atomic mass is 16.5. The Hall–Kier alpha value is -2.55. The molecule has 1 fully saturated rings. The molecule has 3 aromatic rings. The molecule has 4 rings (SSSR count). The second kappa shape index (κ2) is 4.77. The average Bonchev–Trinajstić information content (AvgIpc) is 3.15. The number of tetrazole rings is 1. The SMILES string of the molecule is Cn1nnc(C2CN(c3ncnc4[nH]ccc34)CCO2)n1. The van der Waals surface area contributed by atoms with Crippen LogP contribution in [0.4, 0.5) is 5.82 Å². The summed E-state index contributed by atoms with van der Waals surface area (Å²) >= 11 is 0. The van der Waals surface area contributed by atoms with E-state index in [1.54, 1.807) is 13.4 Å². The van der Waals surface area contributed by atoms with Gasteiger partial charge in [0.2, 0.25) is 5.82 Å². The number of aromatic amines is 1. The molecule has 1 unspecified atom stereocenters. The molecule has 9 nitrogen and oxygen atoms in total. The zero-order valence-electron chi connectivity index (χ0n) is 11.5. The van der Waals surface area contributed by atoms with Crippen molar-refractivity contribution in [2.75, 3.05) is 24.6 Å². The van der Waals surface area contributed by atoms with Gasteiger partial charge in [-0.2, -0.15) is 4.80 Å². The molecule has 0 aromatic carbocycles. The third kappa shape index (κ3) is 2.11. The van der Waals surface area contributed by atoms with Crippen LogP contribution >= 0.6 is 0 Å². The van der Waals surface area contributed by atoms with Crippen LogP contribution in [0.3, 0.4) is 0 Å². The first-order valence-corrected chi connectivity index (χ1v) is 6.70. The summed E-state index contributed by atoms with van der Waals surface area (Å²) in [4.78, 5) is 15.3. The molecule has 0 bridgehead atoms. The number of nitrogens with one attached hydrogen (secondary N) is 1. The molecule has 0 amide bonds. The van der Waals surface area contributed by atoms with E-state index in [0.29, 0.717) is 19.0 Å². The number of H-pyrrole nitrogens is 1. The van der Waals surface area contributed by atoms with E-state index in [1.807, 2.05) is 12.3 Å². The van der Waals surface area contributed by atoms with E-state index < -0.39 is 0 Å². The standard InChI is InChI=1S/C12H14N8O/c1-19-17-11(16-18-19)9-6-20(4-5-21-9)12-8-2-3-13-10(8)14-7-15-12/h2-3,7,9H,4-6H2,1H3,(H,13,14,15). The maximum absolute atomic E-state index is 5.75. The lowest BCUT2D eigenvalue weighted by Crippen LogP contribution is -2.39. The monoisotopic (exact) mass is 286 g/mol. The fourth-order valence-electron chi connectivity index (χ4n) is 2.54. The molecule has 1 aliphatic heterocycles. The van der Waals surface area contributed by atoms with Gasteiger partial charge in [0.15, 0.2) is 0 Å². The van der Waals surface area contributed by atoms with Crippen LogP contribution in [0.5, 0.6) is 0 Å². The Morgan fingerprint density at radius 1 is 1.38 bits per heavy atom. The number of fused-ring (bicyclic) bond motifs is 1. The highest BCUT2D eigenvalue weighted by molar-refractivity contribution is 5.87. The van der Waals surface area contributed by atoms with Gasteiger partial charge in [-0.25, -0.2) is 9.97 Å². The molecule has 0 spiro atoms. The van der Waals surface area contributed by atoms with Crippen LogP contribution in [-0.2, 0) is 11.8 Å². The Morgan fingerprint density at radius 3 is 3.19 bits per heavy atom. The van der Waals surface area contributed by atoms with Crippen molar-refractivity contribution in [3.63, 3.8) is 0 Å². The van der Waals surface area contributed by atoms with E-state index in [0.717, 1.165) is 23.4 Å². The molecule has 108 valence electrons. The van der Waals surface area contributed by atoms with E-state index >= 15 is 0 Å². The van der Waals surface area contributed by atoms with Crippen molar-refractivity contribution in [3.05, 3.63) is 24.4 Å². The molecule has 21 heavy (non-hydrogen) atoms. The van der Waals surface area contributed by atoms with Gasteiger partial charge < -0.3 is 14.6 Å². The molecule has 0 radical (unpaired) electrons. The number of anilines is 1. The lowest BCUT2D eigenvalue weighted by molar-refractivity contribution is 0.0337. The predicted octanol–water partition coefficient (Wildman–Crippen LogP) is 0.0593. The fourth-order valence-corrected chi connectivity index (χ4v) is 2.54. The Bertz CT molecular complexity index is 765. The van der Waals surface area contributed by atoms with Crippen LogP contribution in [0.2, 0.25) is 0 Å². The highest BCUT2D eigenvalue weighted by Gasteiger charge is 2.27. The quantitative estimate of drug-likeness (QED) is 0.711. The van der Waals surface area contributed by atoms with Gasteiger partial charge in [-0.15, -0.1) is 10.2 Å². The third-order valence-electron chi connectivity index (χ3n) is 3.51. The lowest BCUT2D eigenvalue weighted by atomic mass is 10.2. The van der Waals surface area contributed by atoms with E-state index in [4.69, 9.17) is 4.74 Å². The number of rotatable bonds is 2. The van der Waals surface area contributed by atoms with Gasteiger partial charge in [-0.1, -0.05) is 0 Å². The fraction of sp³-hybridized carbons (Fsp3) is 0.417. The molecule has 1 N–H and O–H groups in total. The Labute approximate surface area is 119 Å². The van der Waals surface area contributed by atoms with Crippen molar-refractivity contribution >= 4 is 16.9 Å². The van der Waals surface area contributed by atoms with Crippen LogP contribution < -0.4 is 4.90 Å². The normalized spacial score (nSPS) is 19.3. The van der Waals surface area contributed by atoms with Crippen molar-refractivity contribution in [3.8, 4) is 0 Å². The molecular formula is C12H14N8O. The molecular weight excluding hydrogens is 272 g/mol. The van der Waals surface area contributed by atoms with Gasteiger partial charge in [0, 0.05) is 12.7 Å². The number of aryl methyl sites for hydroxylation is 1. The molecule has 4 heterocycles. The van der Waals surface area contributed by atoms with Gasteiger partial charge in [-0.3, -0.25) is 0 Å². The van der Waals surface area contributed by atoms with Crippen molar-refractivity contribution in [2.45, 2.75) is 6.10 Å². The largest absolute Gasteiger partial charge is 0.366 e. The summed E-state index contributed by atoms with van der Waals surface area (Å²) in [7, 11) is 1.74. The average molecular weight is 286 g/mol. The molecule has 1 aliphatic rings. The first kappa shape index (κ1) is 12.2. The minimum absolute atomic E-state index is 0.198. The smallest absolute Gasteiger partial charge is 0.205 e. The summed E-state index contributed by atoms with van der Waals surface area (Å²) in [6, 6.07) is 1.98. The Kier molecular flexibility index (Phi) is 2.78. The lowest BCUT2D eigenvalue weighted by Gasteiger charge is -2.32. The minimum Gasteiger partial charge on any atom is -0.366 e. The first-order valence-electron chi connectivity index (χ1n) is 6.70. The number of ether oxygens (including phenoxy) is 1. The molecule has 3 aromatic heterocycles. The van der Waals surface area contributed by atoms with Gasteiger partial charge in [-0.05, 0) is 11.3 Å². The molecule has 1 atom stereocenters. The topological polar surface area (TPSA) is 97.6 Å². The number of hydrogen-bond acceptors (Lipinski definition) is 7. The summed E-state index contributed by atoms with van der Waals surface area (Å²) < 4.78 is 5.75. The molecule has 0 aliphatic carbocycles. The second-order valence-electron chi connectivity index (χ2n) is 4.88. The minimum atomic E-state index is -0.198. The number of nitrogens with zero attached hydrogens (tertiary/aromatic N) is 7. The Balaban J connectivity index is 1.65. The van der Waals surface area contributed by atoms with E-state index in [2.05, 4.69) is 35.3 Å². The van der Waals surface area contributed by atoms with Gasteiger partial charge in [0.1, 0.15) is 23.9 Å².